The molecule has 5 heteroatoms. The Morgan fingerprint density at radius 1 is 1.19 bits per heavy atom. The molecule has 0 saturated carbocycles. The molecule has 1 aliphatic heterocycles. The van der Waals surface area contributed by atoms with Gasteiger partial charge in [0.2, 0.25) is 5.91 Å². The third-order valence-electron chi connectivity index (χ3n) is 4.38. The number of hydrogen-bond acceptors (Lipinski definition) is 3. The molecule has 1 aliphatic rings. The molecule has 5 nitrogen and oxygen atoms in total. The van der Waals surface area contributed by atoms with Crippen molar-refractivity contribution in [2.45, 2.75) is 59.7 Å². The smallest absolute Gasteiger partial charge is 0.303 e. The van der Waals surface area contributed by atoms with Gasteiger partial charge in [0.15, 0.2) is 0 Å². The Morgan fingerprint density at radius 3 is 2.24 bits per heavy atom. The number of carbonyl (C=O) groups is 2. The molecule has 2 N–H and O–H groups in total. The van der Waals surface area contributed by atoms with Crippen molar-refractivity contribution < 1.29 is 19.4 Å². The van der Waals surface area contributed by atoms with Gasteiger partial charge in [-0.25, -0.2) is 0 Å². The van der Waals surface area contributed by atoms with Crippen LogP contribution < -0.4 is 5.32 Å². The van der Waals surface area contributed by atoms with E-state index in [1.807, 2.05) is 20.8 Å². The summed E-state index contributed by atoms with van der Waals surface area (Å²) in [6, 6.07) is 0. The molecule has 4 unspecified atom stereocenters. The van der Waals surface area contributed by atoms with E-state index in [0.717, 1.165) is 6.42 Å². The number of nitrogens with one attached hydrogen (secondary N) is 1. The molecule has 0 aromatic heterocycles. The Hall–Kier alpha value is -1.10. The van der Waals surface area contributed by atoms with Crippen LogP contribution in [0.5, 0.6) is 0 Å². The van der Waals surface area contributed by atoms with Crippen molar-refractivity contribution >= 4 is 11.9 Å². The lowest BCUT2D eigenvalue weighted by molar-refractivity contribution is -0.138. The van der Waals surface area contributed by atoms with Gasteiger partial charge in [0, 0.05) is 13.0 Å². The van der Waals surface area contributed by atoms with Gasteiger partial charge >= 0.3 is 5.97 Å². The van der Waals surface area contributed by atoms with E-state index in [1.165, 1.54) is 0 Å². The van der Waals surface area contributed by atoms with Crippen LogP contribution in [-0.2, 0) is 14.3 Å². The van der Waals surface area contributed by atoms with Crippen LogP contribution in [0.2, 0.25) is 0 Å². The van der Waals surface area contributed by atoms with Crippen LogP contribution in [0.15, 0.2) is 0 Å². The number of hydrogen-bond donors (Lipinski definition) is 2. The number of carboxylic acid groups (broad SMARTS) is 1. The third kappa shape index (κ3) is 5.30. The highest BCUT2D eigenvalue weighted by molar-refractivity contribution is 5.80. The summed E-state index contributed by atoms with van der Waals surface area (Å²) >= 11 is 0. The predicted octanol–water partition coefficient (Wildman–Crippen LogP) is 2.30. The van der Waals surface area contributed by atoms with Gasteiger partial charge in [-0.05, 0) is 38.0 Å². The van der Waals surface area contributed by atoms with Gasteiger partial charge in [0.1, 0.15) is 0 Å². The molecule has 1 fully saturated rings. The van der Waals surface area contributed by atoms with Crippen molar-refractivity contribution in [3.05, 3.63) is 0 Å². The molecule has 0 aromatic rings. The van der Waals surface area contributed by atoms with E-state index < -0.39 is 5.97 Å². The van der Waals surface area contributed by atoms with Crippen LogP contribution >= 0.6 is 0 Å². The van der Waals surface area contributed by atoms with Crippen molar-refractivity contribution in [2.24, 2.45) is 23.7 Å². The molecular weight excluding hydrogens is 270 g/mol. The molecule has 1 heterocycles. The number of rotatable bonds is 7. The van der Waals surface area contributed by atoms with Gasteiger partial charge in [-0.3, -0.25) is 9.59 Å². The average Bonchev–Trinajstić information content (AvgIpc) is 2.58. The second kappa shape index (κ2) is 7.78. The summed E-state index contributed by atoms with van der Waals surface area (Å²) in [6.45, 7) is 10.5. The SMILES string of the molecule is CC(C)C[C@H](CNC(=O)C1C(C)OC(C)C1C)CC(=O)O. The maximum Gasteiger partial charge on any atom is 0.303 e. The first-order chi connectivity index (χ1) is 9.72. The van der Waals surface area contributed by atoms with Gasteiger partial charge < -0.3 is 15.2 Å². The first-order valence-electron chi connectivity index (χ1n) is 7.87. The Morgan fingerprint density at radius 2 is 1.81 bits per heavy atom. The predicted molar refractivity (Wildman–Crippen MR) is 80.9 cm³/mol. The van der Waals surface area contributed by atoms with E-state index >= 15 is 0 Å². The minimum atomic E-state index is -0.811. The minimum Gasteiger partial charge on any atom is -0.481 e. The second-order valence-electron chi connectivity index (χ2n) is 6.77. The summed E-state index contributed by atoms with van der Waals surface area (Å²) in [5.41, 5.74) is 0. The first-order valence-corrected chi connectivity index (χ1v) is 7.87. The highest BCUT2D eigenvalue weighted by Crippen LogP contribution is 2.32. The zero-order chi connectivity index (χ0) is 16.2. The highest BCUT2D eigenvalue weighted by Gasteiger charge is 2.41. The topological polar surface area (TPSA) is 75.6 Å². The van der Waals surface area contributed by atoms with Crippen molar-refractivity contribution in [1.29, 1.82) is 0 Å². The zero-order valence-corrected chi connectivity index (χ0v) is 13.8. The number of carboxylic acids is 1. The quantitative estimate of drug-likeness (QED) is 0.756. The summed E-state index contributed by atoms with van der Waals surface area (Å²) in [6.07, 6.45) is 0.899. The minimum absolute atomic E-state index is 0.0153. The molecule has 1 saturated heterocycles. The number of ether oxygens (including phenoxy) is 1. The third-order valence-corrected chi connectivity index (χ3v) is 4.38. The van der Waals surface area contributed by atoms with Gasteiger partial charge in [-0.15, -0.1) is 0 Å². The van der Waals surface area contributed by atoms with Gasteiger partial charge in [-0.2, -0.15) is 0 Å². The van der Waals surface area contributed by atoms with E-state index in [0.29, 0.717) is 12.5 Å². The van der Waals surface area contributed by atoms with E-state index in [1.54, 1.807) is 0 Å². The Bertz CT molecular complexity index is 369. The summed E-state index contributed by atoms with van der Waals surface area (Å²) in [5.74, 6) is -0.392. The summed E-state index contributed by atoms with van der Waals surface area (Å²) < 4.78 is 5.69. The van der Waals surface area contributed by atoms with Gasteiger partial charge in [-0.1, -0.05) is 20.8 Å². The summed E-state index contributed by atoms with van der Waals surface area (Å²) in [5, 5.41) is 11.9. The largest absolute Gasteiger partial charge is 0.481 e. The standard InChI is InChI=1S/C16H29NO4/c1-9(2)6-13(7-14(18)19)8-17-16(20)15-10(3)11(4)21-12(15)5/h9-13,15H,6-8H2,1-5H3,(H,17,20)(H,18,19)/t10?,11?,12?,13-,15?/m0/s1. The maximum atomic E-state index is 12.3. The summed E-state index contributed by atoms with van der Waals surface area (Å²) in [7, 11) is 0. The molecule has 0 aromatic carbocycles. The fraction of sp³-hybridized carbons (Fsp3) is 0.875. The summed E-state index contributed by atoms with van der Waals surface area (Å²) in [4.78, 5) is 23.3. The Balaban J connectivity index is 2.54. The van der Waals surface area contributed by atoms with Crippen LogP contribution in [0, 0.1) is 23.7 Å². The van der Waals surface area contributed by atoms with Crippen LogP contribution in [0.1, 0.15) is 47.5 Å². The van der Waals surface area contributed by atoms with Crippen molar-refractivity contribution in [3.8, 4) is 0 Å². The molecule has 0 bridgehead atoms. The maximum absolute atomic E-state index is 12.3. The molecule has 122 valence electrons. The number of carbonyl (C=O) groups excluding carboxylic acids is 1. The lowest BCUT2D eigenvalue weighted by Crippen LogP contribution is -2.40. The van der Waals surface area contributed by atoms with E-state index in [2.05, 4.69) is 19.2 Å². The van der Waals surface area contributed by atoms with Crippen LogP contribution in [-0.4, -0.2) is 35.7 Å². The Kier molecular flexibility index (Phi) is 6.65. The fourth-order valence-corrected chi connectivity index (χ4v) is 3.23. The number of amides is 1. The van der Waals surface area contributed by atoms with Crippen molar-refractivity contribution in [3.63, 3.8) is 0 Å². The lowest BCUT2D eigenvalue weighted by Gasteiger charge is -2.22. The second-order valence-corrected chi connectivity index (χ2v) is 6.77. The van der Waals surface area contributed by atoms with Gasteiger partial charge in [0.05, 0.1) is 18.1 Å². The van der Waals surface area contributed by atoms with Crippen LogP contribution in [0.3, 0.4) is 0 Å². The molecular formula is C16H29NO4. The monoisotopic (exact) mass is 299 g/mol. The molecule has 5 atom stereocenters. The Labute approximate surface area is 127 Å². The van der Waals surface area contributed by atoms with Crippen molar-refractivity contribution in [2.75, 3.05) is 6.54 Å². The van der Waals surface area contributed by atoms with Crippen molar-refractivity contribution in [1.82, 2.24) is 5.32 Å². The van der Waals surface area contributed by atoms with Crippen LogP contribution in [0.25, 0.3) is 0 Å². The van der Waals surface area contributed by atoms with Crippen LogP contribution in [0.4, 0.5) is 0 Å². The van der Waals surface area contributed by atoms with Gasteiger partial charge in [0.25, 0.3) is 0 Å². The molecule has 0 aliphatic carbocycles. The number of aliphatic carboxylic acids is 1. The van der Waals surface area contributed by atoms with E-state index in [9.17, 15) is 9.59 Å². The van der Waals surface area contributed by atoms with E-state index in [-0.39, 0.29) is 42.3 Å². The normalized spacial score (nSPS) is 30.4. The molecule has 21 heavy (non-hydrogen) atoms. The molecule has 1 amide bonds. The zero-order valence-electron chi connectivity index (χ0n) is 13.8. The highest BCUT2D eigenvalue weighted by atomic mass is 16.5. The average molecular weight is 299 g/mol. The lowest BCUT2D eigenvalue weighted by atomic mass is 9.88. The fourth-order valence-electron chi connectivity index (χ4n) is 3.23. The van der Waals surface area contributed by atoms with E-state index in [4.69, 9.17) is 9.84 Å². The molecule has 0 spiro atoms. The molecule has 0 radical (unpaired) electrons. The molecule has 1 rings (SSSR count). The first kappa shape index (κ1) is 18.0.